The summed E-state index contributed by atoms with van der Waals surface area (Å²) in [5, 5.41) is 9.35. The lowest BCUT2D eigenvalue weighted by molar-refractivity contribution is 0.00693. The summed E-state index contributed by atoms with van der Waals surface area (Å²) >= 11 is 6.01. The fourth-order valence-corrected chi connectivity index (χ4v) is 1.93. The first-order chi connectivity index (χ1) is 10.2. The number of carbonyl (C=O) groups excluding carboxylic acids is 1. The van der Waals surface area contributed by atoms with Crippen molar-refractivity contribution in [2.75, 3.05) is 0 Å². The predicted octanol–water partition coefficient (Wildman–Crippen LogP) is 2.55. The van der Waals surface area contributed by atoms with E-state index in [1.807, 2.05) is 0 Å². The van der Waals surface area contributed by atoms with Crippen molar-refractivity contribution < 1.29 is 14.6 Å². The van der Waals surface area contributed by atoms with Crippen LogP contribution in [0, 0.1) is 0 Å². The van der Waals surface area contributed by atoms with Crippen molar-refractivity contribution in [2.45, 2.75) is 26.4 Å². The van der Waals surface area contributed by atoms with E-state index in [0.717, 1.165) is 4.57 Å². The second kappa shape index (κ2) is 5.81. The summed E-state index contributed by atoms with van der Waals surface area (Å²) < 4.78 is 6.35. The molecule has 2 heterocycles. The Balaban J connectivity index is 2.40. The van der Waals surface area contributed by atoms with E-state index in [9.17, 15) is 14.7 Å². The smallest absolute Gasteiger partial charge is 0.341 e. The number of rotatable bonds is 2. The number of hydrogen-bond donors (Lipinski definition) is 1. The molecular formula is C15H15ClN2O4. The van der Waals surface area contributed by atoms with Crippen LogP contribution in [0.15, 0.2) is 35.3 Å². The van der Waals surface area contributed by atoms with E-state index >= 15 is 0 Å². The number of halogens is 1. The Morgan fingerprint density at radius 3 is 2.59 bits per heavy atom. The number of nitrogens with zero attached hydrogens (tertiary/aromatic N) is 2. The van der Waals surface area contributed by atoms with E-state index in [0.29, 0.717) is 0 Å². The average Bonchev–Trinajstić information content (AvgIpc) is 2.39. The van der Waals surface area contributed by atoms with Crippen LogP contribution >= 0.6 is 11.6 Å². The maximum absolute atomic E-state index is 12.0. The van der Waals surface area contributed by atoms with Gasteiger partial charge in [0.1, 0.15) is 16.6 Å². The summed E-state index contributed by atoms with van der Waals surface area (Å²) in [5.41, 5.74) is -1.18. The predicted molar refractivity (Wildman–Crippen MR) is 81.7 cm³/mol. The normalized spacial score (nSPS) is 11.3. The highest BCUT2D eigenvalue weighted by atomic mass is 35.5. The molecular weight excluding hydrogens is 308 g/mol. The number of esters is 1. The Morgan fingerprint density at radius 2 is 2.00 bits per heavy atom. The Hall–Kier alpha value is -2.34. The molecule has 0 aliphatic carbocycles. The second-order valence-electron chi connectivity index (χ2n) is 5.58. The summed E-state index contributed by atoms with van der Waals surface area (Å²) in [7, 11) is 0. The minimum absolute atomic E-state index is 0.0815. The first-order valence-corrected chi connectivity index (χ1v) is 6.88. The molecule has 0 radical (unpaired) electrons. The molecule has 0 spiro atoms. The molecule has 0 aliphatic rings. The molecule has 2 aromatic rings. The van der Waals surface area contributed by atoms with Gasteiger partial charge >= 0.3 is 5.97 Å². The van der Waals surface area contributed by atoms with Gasteiger partial charge in [-0.25, -0.2) is 9.78 Å². The first kappa shape index (κ1) is 16.0. The highest BCUT2D eigenvalue weighted by molar-refractivity contribution is 6.32. The number of ether oxygens (including phenoxy) is 1. The van der Waals surface area contributed by atoms with Crippen LogP contribution in [0.2, 0.25) is 5.15 Å². The van der Waals surface area contributed by atoms with Crippen molar-refractivity contribution in [3.8, 4) is 11.6 Å². The Labute approximate surface area is 131 Å². The van der Waals surface area contributed by atoms with Gasteiger partial charge in [-0.05, 0) is 45.0 Å². The molecule has 1 N–H and O–H groups in total. The maximum atomic E-state index is 12.0. The van der Waals surface area contributed by atoms with E-state index in [2.05, 4.69) is 4.98 Å². The molecule has 0 bridgehead atoms. The van der Waals surface area contributed by atoms with Crippen molar-refractivity contribution in [3.63, 3.8) is 0 Å². The van der Waals surface area contributed by atoms with Gasteiger partial charge in [0.15, 0.2) is 5.75 Å². The average molecular weight is 323 g/mol. The van der Waals surface area contributed by atoms with Gasteiger partial charge in [-0.1, -0.05) is 11.6 Å². The third kappa shape index (κ3) is 3.46. The van der Waals surface area contributed by atoms with Gasteiger partial charge in [0.2, 0.25) is 0 Å². The van der Waals surface area contributed by atoms with Gasteiger partial charge in [0.25, 0.3) is 5.56 Å². The van der Waals surface area contributed by atoms with Crippen molar-refractivity contribution in [1.29, 1.82) is 0 Å². The zero-order valence-corrected chi connectivity index (χ0v) is 13.1. The van der Waals surface area contributed by atoms with Crippen LogP contribution in [0.1, 0.15) is 31.1 Å². The van der Waals surface area contributed by atoms with Crippen LogP contribution in [-0.4, -0.2) is 26.2 Å². The van der Waals surface area contributed by atoms with Crippen molar-refractivity contribution >= 4 is 17.6 Å². The molecule has 0 aliphatic heterocycles. The Morgan fingerprint density at radius 1 is 1.32 bits per heavy atom. The first-order valence-electron chi connectivity index (χ1n) is 6.50. The zero-order chi connectivity index (χ0) is 16.5. The van der Waals surface area contributed by atoms with Crippen LogP contribution in [0.3, 0.4) is 0 Å². The molecule has 0 atom stereocenters. The third-order valence-corrected chi connectivity index (χ3v) is 2.91. The Bertz CT molecular complexity index is 778. The summed E-state index contributed by atoms with van der Waals surface area (Å²) in [5.74, 6) is -0.811. The molecule has 0 saturated heterocycles. The monoisotopic (exact) mass is 322 g/mol. The molecule has 2 aromatic heterocycles. The van der Waals surface area contributed by atoms with E-state index in [-0.39, 0.29) is 16.5 Å². The summed E-state index contributed by atoms with van der Waals surface area (Å²) in [6, 6.07) is 5.64. The van der Waals surface area contributed by atoms with E-state index in [1.165, 1.54) is 30.5 Å². The standard InChI is InChI=1S/C15H15ClN2O4/c1-15(2,3)22-14(21)9-6-7-11(17-12(9)16)18-8-4-5-10(19)13(18)20/h4-8,19H,1-3H3. The molecule has 7 heteroatoms. The fraction of sp³-hybridized carbons (Fsp3) is 0.267. The van der Waals surface area contributed by atoms with Crippen LogP contribution in [-0.2, 0) is 4.74 Å². The van der Waals surface area contributed by atoms with E-state index < -0.39 is 22.9 Å². The van der Waals surface area contributed by atoms with Crippen molar-refractivity contribution in [2.24, 2.45) is 0 Å². The highest BCUT2D eigenvalue weighted by Gasteiger charge is 2.21. The third-order valence-electron chi connectivity index (χ3n) is 2.63. The number of aromatic nitrogens is 2. The highest BCUT2D eigenvalue weighted by Crippen LogP contribution is 2.19. The lowest BCUT2D eigenvalue weighted by Crippen LogP contribution is -2.24. The molecule has 2 rings (SSSR count). The van der Waals surface area contributed by atoms with Gasteiger partial charge in [-0.3, -0.25) is 9.36 Å². The molecule has 0 fully saturated rings. The van der Waals surface area contributed by atoms with Gasteiger partial charge in [-0.15, -0.1) is 0 Å². The van der Waals surface area contributed by atoms with Crippen LogP contribution in [0.4, 0.5) is 0 Å². The van der Waals surface area contributed by atoms with Crippen molar-refractivity contribution in [3.05, 3.63) is 51.5 Å². The Kier molecular flexibility index (Phi) is 4.23. The van der Waals surface area contributed by atoms with Gasteiger partial charge in [0.05, 0.1) is 5.56 Å². The minimum Gasteiger partial charge on any atom is -0.503 e. The molecule has 0 aromatic carbocycles. The van der Waals surface area contributed by atoms with Crippen LogP contribution in [0.25, 0.3) is 5.82 Å². The SMILES string of the molecule is CC(C)(C)OC(=O)c1ccc(-n2cccc(O)c2=O)nc1Cl. The summed E-state index contributed by atoms with van der Waals surface area (Å²) in [4.78, 5) is 27.8. The van der Waals surface area contributed by atoms with Crippen molar-refractivity contribution in [1.82, 2.24) is 9.55 Å². The van der Waals surface area contributed by atoms with Crippen LogP contribution in [0.5, 0.6) is 5.75 Å². The molecule has 0 saturated carbocycles. The molecule has 0 amide bonds. The van der Waals surface area contributed by atoms with Gasteiger partial charge < -0.3 is 9.84 Å². The van der Waals surface area contributed by atoms with Gasteiger partial charge in [0, 0.05) is 6.20 Å². The minimum atomic E-state index is -0.652. The summed E-state index contributed by atoms with van der Waals surface area (Å²) in [6.07, 6.45) is 1.44. The van der Waals surface area contributed by atoms with E-state index in [1.54, 1.807) is 20.8 Å². The number of hydrogen-bond acceptors (Lipinski definition) is 5. The van der Waals surface area contributed by atoms with Gasteiger partial charge in [-0.2, -0.15) is 0 Å². The topological polar surface area (TPSA) is 81.4 Å². The lowest BCUT2D eigenvalue weighted by Gasteiger charge is -2.19. The molecule has 22 heavy (non-hydrogen) atoms. The maximum Gasteiger partial charge on any atom is 0.341 e. The molecule has 6 nitrogen and oxygen atoms in total. The summed E-state index contributed by atoms with van der Waals surface area (Å²) in [6.45, 7) is 5.23. The largest absolute Gasteiger partial charge is 0.503 e. The quantitative estimate of drug-likeness (QED) is 0.678. The van der Waals surface area contributed by atoms with E-state index in [4.69, 9.17) is 16.3 Å². The zero-order valence-electron chi connectivity index (χ0n) is 12.3. The van der Waals surface area contributed by atoms with Crippen LogP contribution < -0.4 is 5.56 Å². The number of pyridine rings is 2. The molecule has 116 valence electrons. The second-order valence-corrected chi connectivity index (χ2v) is 5.94. The molecule has 0 unspecified atom stereocenters. The fourth-order valence-electron chi connectivity index (χ4n) is 1.71. The lowest BCUT2D eigenvalue weighted by atomic mass is 10.2. The number of aromatic hydroxyl groups is 1. The number of carbonyl (C=O) groups is 1.